The van der Waals surface area contributed by atoms with Crippen LogP contribution >= 0.6 is 11.6 Å². The summed E-state index contributed by atoms with van der Waals surface area (Å²) < 4.78 is 5.21. The molecule has 0 aliphatic carbocycles. The predicted octanol–water partition coefficient (Wildman–Crippen LogP) is 2.27. The van der Waals surface area contributed by atoms with Crippen LogP contribution in [0, 0.1) is 5.92 Å². The molecule has 2 aliphatic rings. The third kappa shape index (κ3) is 4.46. The lowest BCUT2D eigenvalue weighted by molar-refractivity contribution is -0.127. The SMILES string of the molecule is COc1ccc(Cl)cc1NC(=O)CC1CN=C(N2CCCCC2)NC1=O. The van der Waals surface area contributed by atoms with E-state index in [2.05, 4.69) is 20.5 Å². The molecule has 0 radical (unpaired) electrons. The minimum atomic E-state index is -0.478. The Hall–Kier alpha value is -2.28. The number of nitrogens with zero attached hydrogens (tertiary/aromatic N) is 2. The number of ether oxygens (including phenoxy) is 1. The van der Waals surface area contributed by atoms with Crippen LogP contribution in [0.3, 0.4) is 0 Å². The van der Waals surface area contributed by atoms with Crippen molar-refractivity contribution >= 4 is 35.1 Å². The molecule has 1 aromatic carbocycles. The number of benzene rings is 1. The maximum atomic E-state index is 12.4. The van der Waals surface area contributed by atoms with E-state index in [1.165, 1.54) is 13.5 Å². The monoisotopic (exact) mass is 378 g/mol. The van der Waals surface area contributed by atoms with E-state index in [-0.39, 0.29) is 18.2 Å². The molecule has 26 heavy (non-hydrogen) atoms. The largest absolute Gasteiger partial charge is 0.495 e. The van der Waals surface area contributed by atoms with Gasteiger partial charge in [-0.15, -0.1) is 0 Å². The second kappa shape index (κ2) is 8.40. The molecule has 0 saturated carbocycles. The van der Waals surface area contributed by atoms with Crippen LogP contribution in [0.15, 0.2) is 23.2 Å². The van der Waals surface area contributed by atoms with E-state index < -0.39 is 5.92 Å². The first-order chi connectivity index (χ1) is 12.6. The Morgan fingerprint density at radius 2 is 2.15 bits per heavy atom. The highest BCUT2D eigenvalue weighted by Crippen LogP contribution is 2.28. The topological polar surface area (TPSA) is 83.0 Å². The van der Waals surface area contributed by atoms with Gasteiger partial charge in [-0.3, -0.25) is 19.9 Å². The molecule has 2 heterocycles. The number of anilines is 1. The van der Waals surface area contributed by atoms with Gasteiger partial charge in [0.1, 0.15) is 5.75 Å². The minimum Gasteiger partial charge on any atom is -0.495 e. The van der Waals surface area contributed by atoms with Crippen LogP contribution in [0.2, 0.25) is 5.02 Å². The predicted molar refractivity (Wildman–Crippen MR) is 101 cm³/mol. The van der Waals surface area contributed by atoms with Gasteiger partial charge in [0, 0.05) is 24.5 Å². The zero-order valence-electron chi connectivity index (χ0n) is 14.8. The lowest BCUT2D eigenvalue weighted by Crippen LogP contribution is -2.51. The highest BCUT2D eigenvalue weighted by atomic mass is 35.5. The Morgan fingerprint density at radius 3 is 2.85 bits per heavy atom. The Balaban J connectivity index is 1.59. The molecule has 140 valence electrons. The van der Waals surface area contributed by atoms with Gasteiger partial charge in [-0.1, -0.05) is 11.6 Å². The lowest BCUT2D eigenvalue weighted by Gasteiger charge is -2.32. The Kier molecular flexibility index (Phi) is 5.98. The quantitative estimate of drug-likeness (QED) is 0.841. The van der Waals surface area contributed by atoms with Crippen molar-refractivity contribution in [3.05, 3.63) is 23.2 Å². The van der Waals surface area contributed by atoms with Gasteiger partial charge in [0.05, 0.1) is 25.3 Å². The highest BCUT2D eigenvalue weighted by molar-refractivity contribution is 6.31. The molecule has 8 heteroatoms. The van der Waals surface area contributed by atoms with E-state index >= 15 is 0 Å². The first-order valence-corrected chi connectivity index (χ1v) is 9.18. The average molecular weight is 379 g/mol. The summed E-state index contributed by atoms with van der Waals surface area (Å²) in [6.07, 6.45) is 3.50. The van der Waals surface area contributed by atoms with Crippen molar-refractivity contribution in [3.63, 3.8) is 0 Å². The van der Waals surface area contributed by atoms with Crippen LogP contribution in [-0.4, -0.2) is 49.4 Å². The molecular formula is C18H23ClN4O3. The fraction of sp³-hybridized carbons (Fsp3) is 0.500. The summed E-state index contributed by atoms with van der Waals surface area (Å²) in [5.74, 6) is 0.244. The van der Waals surface area contributed by atoms with Gasteiger partial charge < -0.3 is 15.0 Å². The second-order valence-electron chi connectivity index (χ2n) is 6.50. The summed E-state index contributed by atoms with van der Waals surface area (Å²) in [5.41, 5.74) is 0.485. The van der Waals surface area contributed by atoms with E-state index in [0.717, 1.165) is 25.9 Å². The molecule has 1 atom stereocenters. The van der Waals surface area contributed by atoms with Gasteiger partial charge in [-0.05, 0) is 37.5 Å². The van der Waals surface area contributed by atoms with Crippen molar-refractivity contribution in [3.8, 4) is 5.75 Å². The molecule has 2 amide bonds. The molecule has 2 aliphatic heterocycles. The van der Waals surface area contributed by atoms with Crippen LogP contribution in [0.4, 0.5) is 5.69 Å². The number of guanidine groups is 1. The molecule has 7 nitrogen and oxygen atoms in total. The number of rotatable bonds is 4. The van der Waals surface area contributed by atoms with Gasteiger partial charge in [-0.25, -0.2) is 0 Å². The zero-order valence-corrected chi connectivity index (χ0v) is 15.5. The van der Waals surface area contributed by atoms with Crippen molar-refractivity contribution in [1.29, 1.82) is 0 Å². The Labute approximate surface area is 157 Å². The van der Waals surface area contributed by atoms with Crippen LogP contribution in [0.25, 0.3) is 0 Å². The summed E-state index contributed by atoms with van der Waals surface area (Å²) in [6.45, 7) is 2.15. The number of carbonyl (C=O) groups excluding carboxylic acids is 2. The number of piperidine rings is 1. The minimum absolute atomic E-state index is 0.0539. The second-order valence-corrected chi connectivity index (χ2v) is 6.93. The number of nitrogens with one attached hydrogen (secondary N) is 2. The van der Waals surface area contributed by atoms with Gasteiger partial charge in [0.2, 0.25) is 17.8 Å². The Bertz CT molecular complexity index is 716. The van der Waals surface area contributed by atoms with Crippen molar-refractivity contribution in [1.82, 2.24) is 10.2 Å². The molecule has 0 bridgehead atoms. The van der Waals surface area contributed by atoms with Crippen molar-refractivity contribution in [2.45, 2.75) is 25.7 Å². The van der Waals surface area contributed by atoms with E-state index in [4.69, 9.17) is 16.3 Å². The fourth-order valence-electron chi connectivity index (χ4n) is 3.18. The van der Waals surface area contributed by atoms with E-state index in [1.54, 1.807) is 18.2 Å². The number of hydrogen-bond acceptors (Lipinski definition) is 5. The van der Waals surface area contributed by atoms with Crippen LogP contribution in [-0.2, 0) is 9.59 Å². The third-order valence-electron chi connectivity index (χ3n) is 4.59. The molecule has 0 spiro atoms. The van der Waals surface area contributed by atoms with Gasteiger partial charge in [0.15, 0.2) is 0 Å². The molecule has 3 rings (SSSR count). The third-order valence-corrected chi connectivity index (χ3v) is 4.83. The molecule has 1 saturated heterocycles. The number of aliphatic imine (C=N–C) groups is 1. The molecule has 0 aromatic heterocycles. The van der Waals surface area contributed by atoms with E-state index in [9.17, 15) is 9.59 Å². The van der Waals surface area contributed by atoms with Crippen molar-refractivity contribution in [2.24, 2.45) is 10.9 Å². The lowest BCUT2D eigenvalue weighted by atomic mass is 10.0. The summed E-state index contributed by atoms with van der Waals surface area (Å²) in [7, 11) is 1.52. The van der Waals surface area contributed by atoms with Crippen LogP contribution in [0.1, 0.15) is 25.7 Å². The van der Waals surface area contributed by atoms with Gasteiger partial charge in [0.25, 0.3) is 0 Å². The van der Waals surface area contributed by atoms with Crippen molar-refractivity contribution in [2.75, 3.05) is 32.1 Å². The first-order valence-electron chi connectivity index (χ1n) is 8.80. The maximum Gasteiger partial charge on any atom is 0.232 e. The highest BCUT2D eigenvalue weighted by Gasteiger charge is 2.29. The summed E-state index contributed by atoms with van der Waals surface area (Å²) in [5, 5.41) is 6.10. The van der Waals surface area contributed by atoms with Gasteiger partial charge >= 0.3 is 0 Å². The average Bonchev–Trinajstić information content (AvgIpc) is 2.64. The van der Waals surface area contributed by atoms with Crippen molar-refractivity contribution < 1.29 is 14.3 Å². The van der Waals surface area contributed by atoms with Crippen LogP contribution < -0.4 is 15.4 Å². The Morgan fingerprint density at radius 1 is 1.38 bits per heavy atom. The molecular weight excluding hydrogens is 356 g/mol. The fourth-order valence-corrected chi connectivity index (χ4v) is 3.35. The number of halogens is 1. The number of amides is 2. The van der Waals surface area contributed by atoms with Crippen LogP contribution in [0.5, 0.6) is 5.75 Å². The smallest absolute Gasteiger partial charge is 0.232 e. The number of likely N-dealkylation sites (tertiary alicyclic amines) is 1. The standard InChI is InChI=1S/C18H23ClN4O3/c1-26-15-6-5-13(19)10-14(15)21-16(24)9-12-11-20-18(22-17(12)25)23-7-3-2-4-8-23/h5-6,10,12H,2-4,7-9,11H2,1H3,(H,21,24)(H,20,22,25). The number of carbonyl (C=O) groups is 2. The number of hydrogen-bond donors (Lipinski definition) is 2. The maximum absolute atomic E-state index is 12.4. The molecule has 1 fully saturated rings. The zero-order chi connectivity index (χ0) is 18.5. The molecule has 1 unspecified atom stereocenters. The van der Waals surface area contributed by atoms with E-state index in [1.807, 2.05) is 0 Å². The summed E-state index contributed by atoms with van der Waals surface area (Å²) in [4.78, 5) is 31.3. The normalized spacial score (nSPS) is 20.2. The summed E-state index contributed by atoms with van der Waals surface area (Å²) in [6, 6.07) is 4.98. The molecule has 2 N–H and O–H groups in total. The summed E-state index contributed by atoms with van der Waals surface area (Å²) >= 11 is 5.97. The van der Waals surface area contributed by atoms with Gasteiger partial charge in [-0.2, -0.15) is 0 Å². The van der Waals surface area contributed by atoms with E-state index in [0.29, 0.717) is 29.0 Å². The first kappa shape index (κ1) is 18.5. The number of methoxy groups -OCH3 is 1. The molecule has 1 aromatic rings.